The van der Waals surface area contributed by atoms with Crippen LogP contribution >= 0.6 is 0 Å². The van der Waals surface area contributed by atoms with Crippen LogP contribution in [0.3, 0.4) is 0 Å². The van der Waals surface area contributed by atoms with Crippen molar-refractivity contribution in [1.29, 1.82) is 0 Å². The topological polar surface area (TPSA) is 50.7 Å². The van der Waals surface area contributed by atoms with Gasteiger partial charge in [-0.15, -0.1) is 0 Å². The summed E-state index contributed by atoms with van der Waals surface area (Å²) in [4.78, 5) is 12.0. The van der Waals surface area contributed by atoms with Gasteiger partial charge in [-0.3, -0.25) is 4.79 Å². The van der Waals surface area contributed by atoms with Crippen LogP contribution in [0.2, 0.25) is 0 Å². The first-order valence-electron chi connectivity index (χ1n) is 6.24. The maximum Gasteiger partial charge on any atom is 0.275 e. The quantitative estimate of drug-likeness (QED) is 0.684. The summed E-state index contributed by atoms with van der Waals surface area (Å²) in [6.45, 7) is 2.02. The predicted molar refractivity (Wildman–Crippen MR) is 79.2 cm³/mol. The van der Waals surface area contributed by atoms with Crippen molar-refractivity contribution in [3.8, 4) is 5.75 Å². The van der Waals surface area contributed by atoms with Crippen LogP contribution in [-0.4, -0.2) is 19.2 Å². The summed E-state index contributed by atoms with van der Waals surface area (Å²) < 4.78 is 5.13. The standard InChI is InChI=1S/C16H16N2O2/c1-12-7-9-13(10-8-12)11-17-18-16(19)14-5-3-4-6-15(14)20-2/h3-11H,1-2H3,(H,18,19)/b17-11-. The molecule has 0 aliphatic heterocycles. The Balaban J connectivity index is 2.03. The van der Waals surface area contributed by atoms with Gasteiger partial charge in [0.15, 0.2) is 0 Å². The number of hydrogen-bond acceptors (Lipinski definition) is 3. The van der Waals surface area contributed by atoms with E-state index in [9.17, 15) is 4.79 Å². The number of methoxy groups -OCH3 is 1. The number of rotatable bonds is 4. The number of nitrogens with one attached hydrogen (secondary N) is 1. The number of benzene rings is 2. The average Bonchev–Trinajstić information content (AvgIpc) is 2.49. The van der Waals surface area contributed by atoms with Crippen molar-refractivity contribution in [2.45, 2.75) is 6.92 Å². The molecule has 0 aliphatic rings. The summed E-state index contributed by atoms with van der Waals surface area (Å²) in [7, 11) is 1.53. The molecule has 0 bridgehead atoms. The van der Waals surface area contributed by atoms with Crippen LogP contribution < -0.4 is 10.2 Å². The van der Waals surface area contributed by atoms with Gasteiger partial charge in [0.05, 0.1) is 18.9 Å². The number of hydrogen-bond donors (Lipinski definition) is 1. The molecule has 0 atom stereocenters. The molecule has 2 aromatic carbocycles. The maximum absolute atomic E-state index is 12.0. The zero-order valence-electron chi connectivity index (χ0n) is 11.5. The van der Waals surface area contributed by atoms with Crippen molar-refractivity contribution in [3.05, 3.63) is 65.2 Å². The van der Waals surface area contributed by atoms with Crippen LogP contribution in [0.25, 0.3) is 0 Å². The van der Waals surface area contributed by atoms with Crippen molar-refractivity contribution in [2.75, 3.05) is 7.11 Å². The third kappa shape index (κ3) is 3.45. The van der Waals surface area contributed by atoms with Crippen LogP contribution in [-0.2, 0) is 0 Å². The van der Waals surface area contributed by atoms with Crippen LogP contribution in [0.15, 0.2) is 53.6 Å². The molecule has 0 aromatic heterocycles. The molecule has 0 unspecified atom stereocenters. The minimum Gasteiger partial charge on any atom is -0.496 e. The molecule has 0 saturated heterocycles. The lowest BCUT2D eigenvalue weighted by Crippen LogP contribution is -2.18. The van der Waals surface area contributed by atoms with E-state index in [-0.39, 0.29) is 5.91 Å². The van der Waals surface area contributed by atoms with Crippen molar-refractivity contribution >= 4 is 12.1 Å². The fourth-order valence-electron chi connectivity index (χ4n) is 1.71. The summed E-state index contributed by atoms with van der Waals surface area (Å²) in [6, 6.07) is 14.9. The largest absolute Gasteiger partial charge is 0.496 e. The van der Waals surface area contributed by atoms with Crippen molar-refractivity contribution in [2.24, 2.45) is 5.10 Å². The maximum atomic E-state index is 12.0. The summed E-state index contributed by atoms with van der Waals surface area (Å²) in [5, 5.41) is 3.94. The zero-order valence-corrected chi connectivity index (χ0v) is 11.5. The van der Waals surface area contributed by atoms with E-state index < -0.39 is 0 Å². The van der Waals surface area contributed by atoms with Crippen LogP contribution in [0, 0.1) is 6.92 Å². The Bertz CT molecular complexity index is 619. The first-order valence-corrected chi connectivity index (χ1v) is 6.24. The molecule has 0 aliphatic carbocycles. The van der Waals surface area contributed by atoms with Gasteiger partial charge in [0.25, 0.3) is 5.91 Å². The third-order valence-corrected chi connectivity index (χ3v) is 2.81. The minimum absolute atomic E-state index is 0.300. The van der Waals surface area contributed by atoms with Gasteiger partial charge in [0.1, 0.15) is 5.75 Å². The van der Waals surface area contributed by atoms with E-state index in [0.717, 1.165) is 5.56 Å². The van der Waals surface area contributed by atoms with E-state index in [4.69, 9.17) is 4.74 Å². The summed E-state index contributed by atoms with van der Waals surface area (Å²) in [5.41, 5.74) is 5.05. The molecule has 20 heavy (non-hydrogen) atoms. The Morgan fingerprint density at radius 2 is 1.85 bits per heavy atom. The molecule has 1 amide bonds. The van der Waals surface area contributed by atoms with Crippen LogP contribution in [0.5, 0.6) is 5.75 Å². The normalized spacial score (nSPS) is 10.5. The number of hydrazone groups is 1. The van der Waals surface area contributed by atoms with E-state index >= 15 is 0 Å². The van der Waals surface area contributed by atoms with Crippen LogP contribution in [0.4, 0.5) is 0 Å². The van der Waals surface area contributed by atoms with E-state index in [1.165, 1.54) is 12.7 Å². The fourth-order valence-corrected chi connectivity index (χ4v) is 1.71. The van der Waals surface area contributed by atoms with Gasteiger partial charge in [0, 0.05) is 0 Å². The molecule has 0 radical (unpaired) electrons. The van der Waals surface area contributed by atoms with Crippen LogP contribution in [0.1, 0.15) is 21.5 Å². The molecule has 4 nitrogen and oxygen atoms in total. The highest BCUT2D eigenvalue weighted by molar-refractivity contribution is 5.97. The number of aryl methyl sites for hydroxylation is 1. The first-order chi connectivity index (χ1) is 9.70. The molecule has 0 fully saturated rings. The van der Waals surface area contributed by atoms with E-state index in [1.54, 1.807) is 24.4 Å². The average molecular weight is 268 g/mol. The number of amides is 1. The zero-order chi connectivity index (χ0) is 14.4. The smallest absolute Gasteiger partial charge is 0.275 e. The molecular formula is C16H16N2O2. The van der Waals surface area contributed by atoms with Crippen molar-refractivity contribution in [1.82, 2.24) is 5.43 Å². The lowest BCUT2D eigenvalue weighted by atomic mass is 10.2. The van der Waals surface area contributed by atoms with Crippen molar-refractivity contribution in [3.63, 3.8) is 0 Å². The lowest BCUT2D eigenvalue weighted by molar-refractivity contribution is 0.0952. The van der Waals surface area contributed by atoms with Gasteiger partial charge in [-0.25, -0.2) is 5.43 Å². The Labute approximate surface area is 118 Å². The second-order valence-corrected chi connectivity index (χ2v) is 4.31. The Morgan fingerprint density at radius 1 is 1.15 bits per heavy atom. The third-order valence-electron chi connectivity index (χ3n) is 2.81. The van der Waals surface area contributed by atoms with Gasteiger partial charge in [-0.05, 0) is 24.6 Å². The highest BCUT2D eigenvalue weighted by atomic mass is 16.5. The van der Waals surface area contributed by atoms with Gasteiger partial charge >= 0.3 is 0 Å². The number of ether oxygens (including phenoxy) is 1. The van der Waals surface area contributed by atoms with E-state index in [1.807, 2.05) is 37.3 Å². The van der Waals surface area contributed by atoms with Gasteiger partial charge in [0.2, 0.25) is 0 Å². The summed E-state index contributed by atoms with van der Waals surface area (Å²) in [5.74, 6) is 0.223. The predicted octanol–water partition coefficient (Wildman–Crippen LogP) is 2.77. The van der Waals surface area contributed by atoms with Gasteiger partial charge in [-0.2, -0.15) is 5.10 Å². The van der Waals surface area contributed by atoms with Crippen molar-refractivity contribution < 1.29 is 9.53 Å². The summed E-state index contributed by atoms with van der Waals surface area (Å²) >= 11 is 0. The fraction of sp³-hybridized carbons (Fsp3) is 0.125. The first kappa shape index (κ1) is 13.8. The van der Waals surface area contributed by atoms with Gasteiger partial charge < -0.3 is 4.74 Å². The summed E-state index contributed by atoms with van der Waals surface area (Å²) in [6.07, 6.45) is 1.60. The Hall–Kier alpha value is -2.62. The minimum atomic E-state index is -0.300. The second kappa shape index (κ2) is 6.52. The molecular weight excluding hydrogens is 252 g/mol. The Morgan fingerprint density at radius 3 is 2.55 bits per heavy atom. The second-order valence-electron chi connectivity index (χ2n) is 4.31. The number of nitrogens with zero attached hydrogens (tertiary/aromatic N) is 1. The molecule has 2 aromatic rings. The lowest BCUT2D eigenvalue weighted by Gasteiger charge is -2.05. The molecule has 2 rings (SSSR count). The van der Waals surface area contributed by atoms with Gasteiger partial charge in [-0.1, -0.05) is 42.0 Å². The molecule has 102 valence electrons. The van der Waals surface area contributed by atoms with E-state index in [2.05, 4.69) is 10.5 Å². The molecule has 0 heterocycles. The van der Waals surface area contributed by atoms with E-state index in [0.29, 0.717) is 11.3 Å². The number of para-hydroxylation sites is 1. The number of carbonyl (C=O) groups is 1. The highest BCUT2D eigenvalue weighted by Crippen LogP contribution is 2.16. The SMILES string of the molecule is COc1ccccc1C(=O)N/N=C\c1ccc(C)cc1. The molecule has 0 spiro atoms. The number of carbonyl (C=O) groups excluding carboxylic acids is 1. The highest BCUT2D eigenvalue weighted by Gasteiger charge is 2.09. The molecule has 1 N–H and O–H groups in total. The molecule has 4 heteroatoms. The monoisotopic (exact) mass is 268 g/mol. The Kier molecular flexibility index (Phi) is 4.50. The molecule has 0 saturated carbocycles.